The van der Waals surface area contributed by atoms with Crippen LogP contribution in [0.15, 0.2) is 29.3 Å². The molecule has 10 nitrogen and oxygen atoms in total. The number of carbonyl (C=O) groups is 3. The average molecular weight is 377 g/mol. The van der Waals surface area contributed by atoms with E-state index < -0.39 is 41.1 Å². The third-order valence-corrected chi connectivity index (χ3v) is 3.92. The fourth-order valence-corrected chi connectivity index (χ4v) is 2.83. The summed E-state index contributed by atoms with van der Waals surface area (Å²) in [5, 5.41) is 11.1. The Labute approximate surface area is 154 Å². The number of urea groups is 1. The highest BCUT2D eigenvalue weighted by molar-refractivity contribution is 6.11. The monoisotopic (exact) mass is 377 g/mol. The summed E-state index contributed by atoms with van der Waals surface area (Å²) in [5.41, 5.74) is 0.103. The predicted octanol–water partition coefficient (Wildman–Crippen LogP) is 2.87. The highest BCUT2D eigenvalue weighted by Gasteiger charge is 2.47. The molecule has 1 aromatic rings. The molecule has 3 amide bonds. The minimum Gasteiger partial charge on any atom is -0.462 e. The number of benzene rings is 1. The van der Waals surface area contributed by atoms with E-state index in [4.69, 9.17) is 4.74 Å². The number of imide groups is 1. The van der Waals surface area contributed by atoms with Crippen molar-refractivity contribution in [3.63, 3.8) is 0 Å². The molecule has 0 saturated heterocycles. The van der Waals surface area contributed by atoms with Crippen molar-refractivity contribution in [2.45, 2.75) is 32.9 Å². The van der Waals surface area contributed by atoms with Crippen molar-refractivity contribution < 1.29 is 28.8 Å². The molecule has 0 bridgehead atoms. The Morgan fingerprint density at radius 1 is 1.33 bits per heavy atom. The second-order valence-corrected chi connectivity index (χ2v) is 6.14. The molecule has 27 heavy (non-hydrogen) atoms. The molecule has 0 aliphatic carbocycles. The lowest BCUT2D eigenvalue weighted by Crippen LogP contribution is -2.50. The Hall–Kier alpha value is -3.30. The van der Waals surface area contributed by atoms with E-state index in [1.807, 2.05) is 0 Å². The maximum Gasteiger partial charge on any atom is 0.418 e. The number of amides is 3. The molecule has 1 heterocycles. The van der Waals surface area contributed by atoms with Gasteiger partial charge in [0.1, 0.15) is 5.92 Å². The van der Waals surface area contributed by atoms with Crippen LogP contribution >= 0.6 is 0 Å². The van der Waals surface area contributed by atoms with Crippen LogP contribution in [0.2, 0.25) is 0 Å². The van der Waals surface area contributed by atoms with Crippen LogP contribution in [0.4, 0.5) is 15.3 Å². The topological polar surface area (TPSA) is 128 Å². The summed E-state index contributed by atoms with van der Waals surface area (Å²) >= 11 is 0. The largest absolute Gasteiger partial charge is 0.462 e. The summed E-state index contributed by atoms with van der Waals surface area (Å²) in [6, 6.07) is 3.23. The van der Waals surface area contributed by atoms with Crippen molar-refractivity contribution in [2.24, 2.45) is 10.9 Å². The maximum atomic E-state index is 12.7. The van der Waals surface area contributed by atoms with Gasteiger partial charge in [0.25, 0.3) is 5.69 Å². The lowest BCUT2D eigenvalue weighted by atomic mass is 9.87. The zero-order valence-corrected chi connectivity index (χ0v) is 15.2. The van der Waals surface area contributed by atoms with Crippen molar-refractivity contribution in [3.8, 4) is 0 Å². The molecule has 0 N–H and O–H groups in total. The number of carbonyl (C=O) groups excluding carboxylic acids is 3. The van der Waals surface area contributed by atoms with Gasteiger partial charge < -0.3 is 9.47 Å². The number of rotatable bonds is 4. The zero-order chi connectivity index (χ0) is 20.3. The molecule has 0 fully saturated rings. The summed E-state index contributed by atoms with van der Waals surface area (Å²) in [6.07, 6.45) is -1.48. The second kappa shape index (κ2) is 7.94. The number of nitro benzene ring substituents is 1. The van der Waals surface area contributed by atoms with Crippen LogP contribution in [0.25, 0.3) is 0 Å². The van der Waals surface area contributed by atoms with Gasteiger partial charge in [0.05, 0.1) is 24.2 Å². The minimum atomic E-state index is -1.19. The van der Waals surface area contributed by atoms with Crippen molar-refractivity contribution >= 4 is 29.5 Å². The molecule has 1 unspecified atom stereocenters. The molecule has 1 aromatic carbocycles. The third kappa shape index (κ3) is 4.10. The predicted molar refractivity (Wildman–Crippen MR) is 93.3 cm³/mol. The number of methoxy groups -OCH3 is 1. The Morgan fingerprint density at radius 3 is 2.56 bits per heavy atom. The lowest BCUT2D eigenvalue weighted by Gasteiger charge is -2.36. The van der Waals surface area contributed by atoms with Crippen molar-refractivity contribution in [1.29, 1.82) is 0 Å². The summed E-state index contributed by atoms with van der Waals surface area (Å²) in [5.74, 6) is -1.82. The van der Waals surface area contributed by atoms with Gasteiger partial charge in [-0.15, -0.1) is 0 Å². The molecule has 1 aliphatic rings. The number of aliphatic imine (C=N–C) groups is 1. The molecule has 10 heteroatoms. The van der Waals surface area contributed by atoms with Crippen LogP contribution in [0, 0.1) is 16.0 Å². The Bertz CT molecular complexity index is 818. The standard InChI is InChI=1S/C17H19N3O7/c1-9(2)27-15(21)13-10(3)18-16(22)19(17(23)26-4)14(13)11-6-5-7-12(8-11)20(24)25/h5-9,13-14H,1-4H3/t13?,14-/m1/s1. The molecular formula is C17H19N3O7. The number of ether oxygens (including phenoxy) is 2. The normalized spacial score (nSPS) is 19.5. The van der Waals surface area contributed by atoms with E-state index in [1.54, 1.807) is 13.8 Å². The van der Waals surface area contributed by atoms with Gasteiger partial charge in [-0.25, -0.2) is 19.5 Å². The second-order valence-electron chi connectivity index (χ2n) is 6.14. The first-order valence-corrected chi connectivity index (χ1v) is 8.08. The first-order chi connectivity index (χ1) is 12.7. The number of hydrogen-bond donors (Lipinski definition) is 0. The van der Waals surface area contributed by atoms with E-state index in [0.29, 0.717) is 4.90 Å². The van der Waals surface area contributed by atoms with Gasteiger partial charge in [-0.1, -0.05) is 12.1 Å². The number of non-ortho nitro benzene ring substituents is 1. The van der Waals surface area contributed by atoms with Gasteiger partial charge in [-0.05, 0) is 26.3 Å². The van der Waals surface area contributed by atoms with Crippen molar-refractivity contribution in [2.75, 3.05) is 7.11 Å². The smallest absolute Gasteiger partial charge is 0.418 e. The Morgan fingerprint density at radius 2 is 2.00 bits per heavy atom. The highest BCUT2D eigenvalue weighted by Crippen LogP contribution is 2.36. The van der Waals surface area contributed by atoms with Gasteiger partial charge in [0.15, 0.2) is 0 Å². The highest BCUT2D eigenvalue weighted by atomic mass is 16.6. The lowest BCUT2D eigenvalue weighted by molar-refractivity contribution is -0.385. The van der Waals surface area contributed by atoms with Gasteiger partial charge in [0.2, 0.25) is 0 Å². The number of nitro groups is 1. The zero-order valence-electron chi connectivity index (χ0n) is 15.2. The molecule has 0 saturated carbocycles. The first kappa shape index (κ1) is 20.0. The molecule has 0 radical (unpaired) electrons. The van der Waals surface area contributed by atoms with Crippen molar-refractivity contribution in [3.05, 3.63) is 39.9 Å². The number of nitrogens with zero attached hydrogens (tertiary/aromatic N) is 3. The van der Waals surface area contributed by atoms with Gasteiger partial charge in [-0.3, -0.25) is 14.9 Å². The molecule has 1 aliphatic heterocycles. The first-order valence-electron chi connectivity index (χ1n) is 8.08. The summed E-state index contributed by atoms with van der Waals surface area (Å²) in [7, 11) is 1.08. The van der Waals surface area contributed by atoms with Gasteiger partial charge in [-0.2, -0.15) is 0 Å². The van der Waals surface area contributed by atoms with E-state index in [-0.39, 0.29) is 17.0 Å². The minimum absolute atomic E-state index is 0.141. The molecule has 2 atom stereocenters. The van der Waals surface area contributed by atoms with Crippen LogP contribution in [-0.4, -0.2) is 46.8 Å². The maximum absolute atomic E-state index is 12.7. The van der Waals surface area contributed by atoms with Crippen LogP contribution in [-0.2, 0) is 14.3 Å². The van der Waals surface area contributed by atoms with Gasteiger partial charge >= 0.3 is 18.1 Å². The third-order valence-electron chi connectivity index (χ3n) is 3.92. The quantitative estimate of drug-likeness (QED) is 0.448. The average Bonchev–Trinajstić information content (AvgIpc) is 2.59. The van der Waals surface area contributed by atoms with Crippen LogP contribution in [0.5, 0.6) is 0 Å². The Kier molecular flexibility index (Phi) is 5.88. The van der Waals surface area contributed by atoms with Crippen LogP contribution in [0.1, 0.15) is 32.4 Å². The Balaban J connectivity index is 2.64. The number of esters is 1. The summed E-state index contributed by atoms with van der Waals surface area (Å²) in [6.45, 7) is 4.76. The van der Waals surface area contributed by atoms with Crippen molar-refractivity contribution in [1.82, 2.24) is 4.90 Å². The van der Waals surface area contributed by atoms with E-state index in [2.05, 4.69) is 9.73 Å². The molecular weight excluding hydrogens is 358 g/mol. The van der Waals surface area contributed by atoms with Crippen LogP contribution < -0.4 is 0 Å². The summed E-state index contributed by atoms with van der Waals surface area (Å²) < 4.78 is 9.89. The fourth-order valence-electron chi connectivity index (χ4n) is 2.83. The molecule has 144 valence electrons. The van der Waals surface area contributed by atoms with E-state index in [9.17, 15) is 24.5 Å². The SMILES string of the molecule is COC(=O)N1C(=O)N=C(C)C(C(=O)OC(C)C)[C@H]1c1cccc([N+](=O)[O-])c1. The molecule has 0 spiro atoms. The molecule has 0 aromatic heterocycles. The van der Waals surface area contributed by atoms with Crippen LogP contribution in [0.3, 0.4) is 0 Å². The van der Waals surface area contributed by atoms with E-state index in [0.717, 1.165) is 7.11 Å². The summed E-state index contributed by atoms with van der Waals surface area (Å²) in [4.78, 5) is 52.1. The van der Waals surface area contributed by atoms with E-state index >= 15 is 0 Å². The van der Waals surface area contributed by atoms with E-state index in [1.165, 1.54) is 31.2 Å². The number of hydrogen-bond acceptors (Lipinski definition) is 7. The van der Waals surface area contributed by atoms with Gasteiger partial charge in [0, 0.05) is 17.8 Å². The molecule has 2 rings (SSSR count). The fraction of sp³-hybridized carbons (Fsp3) is 0.412.